The van der Waals surface area contributed by atoms with Gasteiger partial charge in [0.15, 0.2) is 5.82 Å². The molecule has 106 valence electrons. The number of rotatable bonds is 4. The highest BCUT2D eigenvalue weighted by molar-refractivity contribution is 9.10. The summed E-state index contributed by atoms with van der Waals surface area (Å²) in [6.45, 7) is 0. The second-order valence-electron chi connectivity index (χ2n) is 3.61. The number of benzene rings is 1. The first-order valence-corrected chi connectivity index (χ1v) is 6.63. The van der Waals surface area contributed by atoms with E-state index in [0.29, 0.717) is 16.0 Å². The van der Waals surface area contributed by atoms with E-state index in [9.17, 15) is 4.39 Å². The molecular weight excluding hydrogens is 353 g/mol. The van der Waals surface area contributed by atoms with Gasteiger partial charge in [0.1, 0.15) is 17.9 Å². The molecule has 0 saturated heterocycles. The van der Waals surface area contributed by atoms with Crippen molar-refractivity contribution in [3.8, 4) is 17.4 Å². The number of hydrogen-bond acceptors (Lipinski definition) is 5. The third-order valence-electron chi connectivity index (χ3n) is 2.39. The van der Waals surface area contributed by atoms with Crippen molar-refractivity contribution in [1.29, 1.82) is 0 Å². The van der Waals surface area contributed by atoms with Gasteiger partial charge in [-0.05, 0) is 22.0 Å². The van der Waals surface area contributed by atoms with Gasteiger partial charge in [-0.15, -0.1) is 0 Å². The first kappa shape index (κ1) is 14.8. The zero-order chi connectivity index (χ0) is 14.7. The summed E-state index contributed by atoms with van der Waals surface area (Å²) < 4.78 is 24.7. The number of methoxy groups -OCH3 is 1. The number of aromatic nitrogens is 2. The Hall–Kier alpha value is -1.60. The third-order valence-corrected chi connectivity index (χ3v) is 3.30. The smallest absolute Gasteiger partial charge is 0.268 e. The minimum atomic E-state index is -0.591. The van der Waals surface area contributed by atoms with Crippen molar-refractivity contribution in [2.24, 2.45) is 0 Å². The maximum atomic E-state index is 13.5. The number of ether oxygens (including phenoxy) is 2. The van der Waals surface area contributed by atoms with Crippen molar-refractivity contribution in [2.75, 3.05) is 19.5 Å². The maximum absolute atomic E-state index is 13.5. The largest absolute Gasteiger partial charge is 0.489 e. The lowest BCUT2D eigenvalue weighted by atomic mass is 10.3. The van der Waals surface area contributed by atoms with E-state index in [4.69, 9.17) is 21.1 Å². The lowest BCUT2D eigenvalue weighted by Crippen LogP contribution is -2.01. The fourth-order valence-corrected chi connectivity index (χ4v) is 2.20. The van der Waals surface area contributed by atoms with Gasteiger partial charge < -0.3 is 14.8 Å². The molecule has 5 nitrogen and oxygen atoms in total. The van der Waals surface area contributed by atoms with Crippen LogP contribution in [0, 0.1) is 5.82 Å². The molecule has 0 amide bonds. The fourth-order valence-electron chi connectivity index (χ4n) is 1.48. The molecule has 0 spiro atoms. The molecule has 0 saturated carbocycles. The van der Waals surface area contributed by atoms with Gasteiger partial charge in [-0.1, -0.05) is 11.6 Å². The van der Waals surface area contributed by atoms with Gasteiger partial charge in [0.25, 0.3) is 5.88 Å². The maximum Gasteiger partial charge on any atom is 0.268 e. The molecule has 20 heavy (non-hydrogen) atoms. The van der Waals surface area contributed by atoms with Crippen LogP contribution in [-0.4, -0.2) is 24.1 Å². The summed E-state index contributed by atoms with van der Waals surface area (Å²) in [5.41, 5.74) is 0. The summed E-state index contributed by atoms with van der Waals surface area (Å²) in [6, 6.07) is 2.56. The van der Waals surface area contributed by atoms with Gasteiger partial charge >= 0.3 is 0 Å². The number of halogens is 3. The molecule has 1 aromatic carbocycles. The highest BCUT2D eigenvalue weighted by Gasteiger charge is 2.16. The van der Waals surface area contributed by atoms with Gasteiger partial charge in [0.05, 0.1) is 16.6 Å². The average molecular weight is 363 g/mol. The van der Waals surface area contributed by atoms with Crippen molar-refractivity contribution in [2.45, 2.75) is 0 Å². The van der Waals surface area contributed by atoms with E-state index in [-0.39, 0.29) is 16.7 Å². The molecule has 0 radical (unpaired) electrons. The minimum absolute atomic E-state index is 0.00482. The molecule has 0 aliphatic carbocycles. The first-order chi connectivity index (χ1) is 9.56. The van der Waals surface area contributed by atoms with Crippen LogP contribution in [0.25, 0.3) is 0 Å². The van der Waals surface area contributed by atoms with E-state index in [1.165, 1.54) is 19.5 Å². The Bertz CT molecular complexity index is 642. The van der Waals surface area contributed by atoms with Gasteiger partial charge in [-0.2, -0.15) is 4.98 Å². The van der Waals surface area contributed by atoms with E-state index in [2.05, 4.69) is 31.2 Å². The highest BCUT2D eigenvalue weighted by atomic mass is 79.9. The molecule has 0 fully saturated rings. The molecule has 1 N–H and O–H groups in total. The molecule has 0 unspecified atom stereocenters. The predicted molar refractivity (Wildman–Crippen MR) is 77.3 cm³/mol. The summed E-state index contributed by atoms with van der Waals surface area (Å²) in [5.74, 6) is 0.576. The van der Waals surface area contributed by atoms with E-state index in [0.717, 1.165) is 6.07 Å². The molecular formula is C12H10BrClFN3O2. The molecule has 0 aliphatic rings. The monoisotopic (exact) mass is 361 g/mol. The second-order valence-corrected chi connectivity index (χ2v) is 4.87. The Balaban J connectivity index is 2.42. The Morgan fingerprint density at radius 2 is 2.10 bits per heavy atom. The van der Waals surface area contributed by atoms with Gasteiger partial charge in [0.2, 0.25) is 5.75 Å². The van der Waals surface area contributed by atoms with E-state index in [1.54, 1.807) is 7.05 Å². The standard InChI is InChI=1S/C12H10BrClFN3O2/c1-16-11-10(19-2)12(18-5-17-11)20-9-4-8(15)7(14)3-6(9)13/h3-5H,1-2H3,(H,16,17,18). The molecule has 1 aromatic heterocycles. The van der Waals surface area contributed by atoms with Gasteiger partial charge in [-0.3, -0.25) is 0 Å². The zero-order valence-electron chi connectivity index (χ0n) is 10.6. The Morgan fingerprint density at radius 1 is 1.35 bits per heavy atom. The van der Waals surface area contributed by atoms with E-state index in [1.807, 2.05) is 0 Å². The summed E-state index contributed by atoms with van der Waals surface area (Å²) in [7, 11) is 3.15. The normalized spacial score (nSPS) is 10.2. The molecule has 2 aromatic rings. The van der Waals surface area contributed by atoms with Crippen LogP contribution in [0.1, 0.15) is 0 Å². The molecule has 8 heteroatoms. The second kappa shape index (κ2) is 6.23. The third kappa shape index (κ3) is 2.94. The predicted octanol–water partition coefficient (Wildman–Crippen LogP) is 3.87. The van der Waals surface area contributed by atoms with Crippen LogP contribution in [0.3, 0.4) is 0 Å². The van der Waals surface area contributed by atoms with Crippen LogP contribution in [0.5, 0.6) is 17.4 Å². The van der Waals surface area contributed by atoms with Crippen LogP contribution in [0.2, 0.25) is 5.02 Å². The quantitative estimate of drug-likeness (QED) is 0.837. The van der Waals surface area contributed by atoms with Crippen molar-refractivity contribution in [3.05, 3.63) is 33.8 Å². The Morgan fingerprint density at radius 3 is 2.75 bits per heavy atom. The van der Waals surface area contributed by atoms with Crippen LogP contribution in [-0.2, 0) is 0 Å². The first-order valence-electron chi connectivity index (χ1n) is 5.46. The number of hydrogen-bond donors (Lipinski definition) is 1. The Labute approximate surface area is 128 Å². The van der Waals surface area contributed by atoms with Gasteiger partial charge in [-0.25, -0.2) is 9.37 Å². The van der Waals surface area contributed by atoms with Crippen molar-refractivity contribution in [3.63, 3.8) is 0 Å². The van der Waals surface area contributed by atoms with Crippen LogP contribution in [0.15, 0.2) is 22.9 Å². The van der Waals surface area contributed by atoms with Crippen LogP contribution < -0.4 is 14.8 Å². The molecule has 0 aliphatic heterocycles. The van der Waals surface area contributed by atoms with Crippen molar-refractivity contribution < 1.29 is 13.9 Å². The molecule has 0 bridgehead atoms. The number of nitrogens with one attached hydrogen (secondary N) is 1. The van der Waals surface area contributed by atoms with E-state index < -0.39 is 5.82 Å². The fraction of sp³-hybridized carbons (Fsp3) is 0.167. The lowest BCUT2D eigenvalue weighted by molar-refractivity contribution is 0.367. The topological polar surface area (TPSA) is 56.3 Å². The number of anilines is 1. The summed E-state index contributed by atoms with van der Waals surface area (Å²) >= 11 is 8.92. The lowest BCUT2D eigenvalue weighted by Gasteiger charge is -2.12. The van der Waals surface area contributed by atoms with Crippen molar-refractivity contribution >= 4 is 33.3 Å². The van der Waals surface area contributed by atoms with E-state index >= 15 is 0 Å². The highest BCUT2D eigenvalue weighted by Crippen LogP contribution is 2.38. The summed E-state index contributed by atoms with van der Waals surface area (Å²) in [4.78, 5) is 7.96. The van der Waals surface area contributed by atoms with Crippen LogP contribution >= 0.6 is 27.5 Å². The van der Waals surface area contributed by atoms with Gasteiger partial charge in [0, 0.05) is 13.1 Å². The zero-order valence-corrected chi connectivity index (χ0v) is 12.9. The number of nitrogens with zero attached hydrogens (tertiary/aromatic N) is 2. The Kier molecular flexibility index (Phi) is 4.61. The summed E-state index contributed by atoms with van der Waals surface area (Å²) in [6.07, 6.45) is 1.31. The average Bonchev–Trinajstić information content (AvgIpc) is 2.44. The van der Waals surface area contributed by atoms with Crippen molar-refractivity contribution in [1.82, 2.24) is 9.97 Å². The summed E-state index contributed by atoms with van der Waals surface area (Å²) in [5, 5.41) is 2.84. The SMILES string of the molecule is CNc1ncnc(Oc2cc(F)c(Cl)cc2Br)c1OC. The minimum Gasteiger partial charge on any atom is -0.489 e. The van der Waals surface area contributed by atoms with Crippen LogP contribution in [0.4, 0.5) is 10.2 Å². The molecule has 1 heterocycles. The molecule has 2 rings (SSSR count). The molecule has 0 atom stereocenters.